The Kier molecular flexibility index (Phi) is 7.64. The lowest BCUT2D eigenvalue weighted by Crippen LogP contribution is -2.36. The summed E-state index contributed by atoms with van der Waals surface area (Å²) in [6, 6.07) is 18.1. The first-order valence-electron chi connectivity index (χ1n) is 9.76. The fourth-order valence-electron chi connectivity index (χ4n) is 3.06. The molecule has 162 valence electrons. The standard InChI is InChI=1S/C23H26N4O3S/c1-27(2)20(16-9-11-19(30-3)12-10-16)15-24-23(29)26-18-7-4-6-17(14-18)25-22(28)21-8-5-13-31-21/h4-14,20H,15H2,1-3H3,(H,25,28)(H2,24,26,29). The minimum Gasteiger partial charge on any atom is -0.497 e. The summed E-state index contributed by atoms with van der Waals surface area (Å²) in [6.45, 7) is 0.431. The van der Waals surface area contributed by atoms with Gasteiger partial charge in [0.2, 0.25) is 0 Å². The molecule has 0 aliphatic heterocycles. The second-order valence-corrected chi connectivity index (χ2v) is 8.05. The fraction of sp³-hybridized carbons (Fsp3) is 0.217. The van der Waals surface area contributed by atoms with Gasteiger partial charge in [0.1, 0.15) is 5.75 Å². The van der Waals surface area contributed by atoms with Crippen molar-refractivity contribution in [3.63, 3.8) is 0 Å². The lowest BCUT2D eigenvalue weighted by atomic mass is 10.1. The second kappa shape index (κ2) is 10.6. The van der Waals surface area contributed by atoms with Crippen LogP contribution in [-0.2, 0) is 0 Å². The SMILES string of the molecule is COc1ccc(C(CNC(=O)Nc2cccc(NC(=O)c3cccs3)c2)N(C)C)cc1. The van der Waals surface area contributed by atoms with Crippen molar-refractivity contribution >= 4 is 34.6 Å². The summed E-state index contributed by atoms with van der Waals surface area (Å²) in [4.78, 5) is 27.3. The predicted octanol–water partition coefficient (Wildman–Crippen LogP) is 4.43. The van der Waals surface area contributed by atoms with Crippen LogP contribution in [0.2, 0.25) is 0 Å². The van der Waals surface area contributed by atoms with Crippen LogP contribution in [0.4, 0.5) is 16.2 Å². The number of anilines is 2. The van der Waals surface area contributed by atoms with Gasteiger partial charge in [-0.3, -0.25) is 4.79 Å². The predicted molar refractivity (Wildman–Crippen MR) is 125 cm³/mol. The number of nitrogens with one attached hydrogen (secondary N) is 3. The van der Waals surface area contributed by atoms with Crippen LogP contribution < -0.4 is 20.7 Å². The summed E-state index contributed by atoms with van der Waals surface area (Å²) in [7, 11) is 5.56. The topological polar surface area (TPSA) is 82.7 Å². The largest absolute Gasteiger partial charge is 0.497 e. The minimum atomic E-state index is -0.318. The summed E-state index contributed by atoms with van der Waals surface area (Å²) in [5.74, 6) is 0.614. The van der Waals surface area contributed by atoms with Crippen molar-refractivity contribution in [1.82, 2.24) is 10.2 Å². The monoisotopic (exact) mass is 438 g/mol. The number of ether oxygens (including phenoxy) is 1. The smallest absolute Gasteiger partial charge is 0.319 e. The van der Waals surface area contributed by atoms with E-state index in [0.29, 0.717) is 22.8 Å². The maximum atomic E-state index is 12.4. The third-order valence-corrected chi connectivity index (χ3v) is 5.57. The van der Waals surface area contributed by atoms with E-state index in [0.717, 1.165) is 11.3 Å². The van der Waals surface area contributed by atoms with Gasteiger partial charge in [-0.05, 0) is 61.4 Å². The quantitative estimate of drug-likeness (QED) is 0.486. The van der Waals surface area contributed by atoms with E-state index < -0.39 is 0 Å². The number of carbonyl (C=O) groups excluding carboxylic acids is 2. The zero-order valence-corrected chi connectivity index (χ0v) is 18.5. The van der Waals surface area contributed by atoms with Gasteiger partial charge in [0, 0.05) is 17.9 Å². The summed E-state index contributed by atoms with van der Waals surface area (Å²) >= 11 is 1.37. The van der Waals surface area contributed by atoms with E-state index in [9.17, 15) is 9.59 Å². The average molecular weight is 439 g/mol. The molecule has 3 N–H and O–H groups in total. The molecular weight excluding hydrogens is 412 g/mol. The molecule has 3 aromatic rings. The van der Waals surface area contributed by atoms with Crippen LogP contribution in [0.1, 0.15) is 21.3 Å². The molecule has 1 heterocycles. The number of hydrogen-bond acceptors (Lipinski definition) is 5. The molecule has 0 aliphatic rings. The van der Waals surface area contributed by atoms with Gasteiger partial charge in [0.15, 0.2) is 0 Å². The number of amides is 3. The van der Waals surface area contributed by atoms with Gasteiger partial charge < -0.3 is 25.6 Å². The van der Waals surface area contributed by atoms with Crippen LogP contribution in [0.3, 0.4) is 0 Å². The Morgan fingerprint density at radius 2 is 1.71 bits per heavy atom. The molecule has 0 bridgehead atoms. The Hall–Kier alpha value is -3.36. The van der Waals surface area contributed by atoms with E-state index in [1.807, 2.05) is 54.7 Å². The Labute approximate surface area is 186 Å². The molecular formula is C23H26N4O3S. The number of likely N-dealkylation sites (N-methyl/N-ethyl adjacent to an activating group) is 1. The van der Waals surface area contributed by atoms with Gasteiger partial charge >= 0.3 is 6.03 Å². The first-order valence-corrected chi connectivity index (χ1v) is 10.6. The van der Waals surface area contributed by atoms with E-state index in [4.69, 9.17) is 4.74 Å². The van der Waals surface area contributed by atoms with E-state index in [1.165, 1.54) is 11.3 Å². The van der Waals surface area contributed by atoms with Crippen LogP contribution in [-0.4, -0.2) is 44.6 Å². The van der Waals surface area contributed by atoms with E-state index in [2.05, 4.69) is 16.0 Å². The van der Waals surface area contributed by atoms with Crippen molar-refractivity contribution in [2.24, 2.45) is 0 Å². The molecule has 7 nitrogen and oxygen atoms in total. The van der Waals surface area contributed by atoms with Crippen molar-refractivity contribution in [3.05, 3.63) is 76.5 Å². The molecule has 1 aromatic heterocycles. The molecule has 0 aliphatic carbocycles. The number of urea groups is 1. The summed E-state index contributed by atoms with van der Waals surface area (Å²) in [5, 5.41) is 10.4. The van der Waals surface area contributed by atoms with Crippen LogP contribution in [0, 0.1) is 0 Å². The zero-order valence-electron chi connectivity index (χ0n) is 17.7. The van der Waals surface area contributed by atoms with E-state index >= 15 is 0 Å². The van der Waals surface area contributed by atoms with Gasteiger partial charge in [-0.25, -0.2) is 4.79 Å². The Morgan fingerprint density at radius 1 is 1.00 bits per heavy atom. The molecule has 0 saturated carbocycles. The Balaban J connectivity index is 1.57. The van der Waals surface area contributed by atoms with Gasteiger partial charge in [0.25, 0.3) is 5.91 Å². The summed E-state index contributed by atoms with van der Waals surface area (Å²) in [6.07, 6.45) is 0. The molecule has 0 spiro atoms. The molecule has 3 amide bonds. The first kappa shape index (κ1) is 22.3. The van der Waals surface area contributed by atoms with Crippen LogP contribution in [0.25, 0.3) is 0 Å². The van der Waals surface area contributed by atoms with E-state index in [1.54, 1.807) is 37.4 Å². The summed E-state index contributed by atoms with van der Waals surface area (Å²) < 4.78 is 5.21. The highest BCUT2D eigenvalue weighted by molar-refractivity contribution is 7.12. The van der Waals surface area contributed by atoms with Crippen molar-refractivity contribution in [2.45, 2.75) is 6.04 Å². The third kappa shape index (κ3) is 6.31. The number of nitrogens with zero attached hydrogens (tertiary/aromatic N) is 1. The zero-order chi connectivity index (χ0) is 22.2. The molecule has 0 radical (unpaired) electrons. The molecule has 31 heavy (non-hydrogen) atoms. The number of benzene rings is 2. The van der Waals surface area contributed by atoms with Crippen LogP contribution in [0.15, 0.2) is 66.0 Å². The number of carbonyl (C=O) groups is 2. The normalized spacial score (nSPS) is 11.6. The molecule has 8 heteroatoms. The van der Waals surface area contributed by atoms with Gasteiger partial charge in [-0.2, -0.15) is 0 Å². The molecule has 2 aromatic carbocycles. The molecule has 1 atom stereocenters. The Bertz CT molecular complexity index is 1000. The lowest BCUT2D eigenvalue weighted by Gasteiger charge is -2.25. The highest BCUT2D eigenvalue weighted by atomic mass is 32.1. The molecule has 3 rings (SSSR count). The lowest BCUT2D eigenvalue weighted by molar-refractivity contribution is 0.103. The van der Waals surface area contributed by atoms with Crippen molar-refractivity contribution < 1.29 is 14.3 Å². The highest BCUT2D eigenvalue weighted by Crippen LogP contribution is 2.21. The third-order valence-electron chi connectivity index (χ3n) is 4.70. The highest BCUT2D eigenvalue weighted by Gasteiger charge is 2.16. The minimum absolute atomic E-state index is 0.00748. The number of rotatable bonds is 8. The van der Waals surface area contributed by atoms with Crippen molar-refractivity contribution in [3.8, 4) is 5.75 Å². The molecule has 1 unspecified atom stereocenters. The van der Waals surface area contributed by atoms with Crippen molar-refractivity contribution in [2.75, 3.05) is 38.4 Å². The molecule has 0 fully saturated rings. The number of hydrogen-bond donors (Lipinski definition) is 3. The maximum Gasteiger partial charge on any atom is 0.319 e. The van der Waals surface area contributed by atoms with E-state index in [-0.39, 0.29) is 18.0 Å². The number of methoxy groups -OCH3 is 1. The second-order valence-electron chi connectivity index (χ2n) is 7.10. The Morgan fingerprint density at radius 3 is 2.32 bits per heavy atom. The fourth-order valence-corrected chi connectivity index (χ4v) is 3.68. The average Bonchev–Trinajstić information content (AvgIpc) is 3.29. The van der Waals surface area contributed by atoms with Crippen molar-refractivity contribution in [1.29, 1.82) is 0 Å². The van der Waals surface area contributed by atoms with Gasteiger partial charge in [0.05, 0.1) is 18.0 Å². The number of thiophene rings is 1. The van der Waals surface area contributed by atoms with Gasteiger partial charge in [-0.15, -0.1) is 11.3 Å². The van der Waals surface area contributed by atoms with Gasteiger partial charge in [-0.1, -0.05) is 24.3 Å². The maximum absolute atomic E-state index is 12.4. The first-order chi connectivity index (χ1) is 15.0. The summed E-state index contributed by atoms with van der Waals surface area (Å²) in [5.41, 5.74) is 2.28. The van der Waals surface area contributed by atoms with Crippen LogP contribution >= 0.6 is 11.3 Å². The van der Waals surface area contributed by atoms with Crippen LogP contribution in [0.5, 0.6) is 5.75 Å². The molecule has 0 saturated heterocycles.